The highest BCUT2D eigenvalue weighted by Crippen LogP contribution is 2.31. The average molecular weight is 325 g/mol. The van der Waals surface area contributed by atoms with E-state index in [1.807, 2.05) is 0 Å². The Morgan fingerprint density at radius 3 is 2.09 bits per heavy atom. The van der Waals surface area contributed by atoms with E-state index in [4.69, 9.17) is 9.84 Å². The monoisotopic (exact) mass is 324 g/mol. The molecule has 1 aliphatic heterocycles. The molecule has 1 fully saturated rings. The van der Waals surface area contributed by atoms with Crippen molar-refractivity contribution >= 4 is 5.97 Å². The van der Waals surface area contributed by atoms with Crippen LogP contribution in [0.25, 0.3) is 0 Å². The standard InChI is InChI=1S/C20H36O3/c1-2-3-12-15-18-19(23-18)16-13-10-8-6-4-5-7-9-11-14-17-20(21)22/h7,9,18-19H,2-6,8,10-17H2,1H3,(H,21,22)/b9-7-/t18-,19-/m1/s1. The molecule has 23 heavy (non-hydrogen) atoms. The molecule has 0 spiro atoms. The molecule has 1 N–H and O–H groups in total. The van der Waals surface area contributed by atoms with Crippen molar-refractivity contribution in [3.8, 4) is 0 Å². The van der Waals surface area contributed by atoms with Gasteiger partial charge in [0.05, 0.1) is 12.2 Å². The van der Waals surface area contributed by atoms with E-state index in [1.165, 1.54) is 64.2 Å². The van der Waals surface area contributed by atoms with Gasteiger partial charge in [-0.05, 0) is 38.5 Å². The molecule has 1 rings (SSSR count). The zero-order valence-electron chi connectivity index (χ0n) is 15.0. The van der Waals surface area contributed by atoms with Crippen LogP contribution in [0.5, 0.6) is 0 Å². The number of epoxide rings is 1. The van der Waals surface area contributed by atoms with Crippen LogP contribution in [0.3, 0.4) is 0 Å². The number of aliphatic carboxylic acids is 1. The summed E-state index contributed by atoms with van der Waals surface area (Å²) in [5.74, 6) is -0.692. The van der Waals surface area contributed by atoms with Gasteiger partial charge in [0, 0.05) is 6.42 Å². The van der Waals surface area contributed by atoms with Crippen LogP contribution in [0.1, 0.15) is 96.8 Å². The van der Waals surface area contributed by atoms with Crippen molar-refractivity contribution in [1.82, 2.24) is 0 Å². The lowest BCUT2D eigenvalue weighted by atomic mass is 10.0. The third-order valence-electron chi connectivity index (χ3n) is 4.57. The van der Waals surface area contributed by atoms with Crippen LogP contribution in [0.15, 0.2) is 12.2 Å². The van der Waals surface area contributed by atoms with Gasteiger partial charge in [-0.3, -0.25) is 4.79 Å². The fourth-order valence-corrected chi connectivity index (χ4v) is 3.03. The second-order valence-corrected chi connectivity index (χ2v) is 6.81. The molecule has 1 heterocycles. The number of allylic oxidation sites excluding steroid dienone is 2. The molecular weight excluding hydrogens is 288 g/mol. The maximum Gasteiger partial charge on any atom is 0.303 e. The number of carbonyl (C=O) groups is 1. The Balaban J connectivity index is 1.75. The Morgan fingerprint density at radius 1 is 0.870 bits per heavy atom. The highest BCUT2D eigenvalue weighted by atomic mass is 16.6. The smallest absolute Gasteiger partial charge is 0.303 e. The summed E-state index contributed by atoms with van der Waals surface area (Å²) < 4.78 is 5.72. The quantitative estimate of drug-likeness (QED) is 0.219. The summed E-state index contributed by atoms with van der Waals surface area (Å²) >= 11 is 0. The van der Waals surface area contributed by atoms with Gasteiger partial charge in [0.1, 0.15) is 0 Å². The molecule has 0 aromatic rings. The predicted molar refractivity (Wildman–Crippen MR) is 95.7 cm³/mol. The van der Waals surface area contributed by atoms with Gasteiger partial charge < -0.3 is 9.84 Å². The van der Waals surface area contributed by atoms with Crippen LogP contribution in [0.2, 0.25) is 0 Å². The molecule has 134 valence electrons. The molecule has 3 heteroatoms. The zero-order valence-corrected chi connectivity index (χ0v) is 15.0. The molecule has 0 aromatic heterocycles. The first-order valence-electron chi connectivity index (χ1n) is 9.76. The zero-order chi connectivity index (χ0) is 16.8. The molecule has 0 saturated carbocycles. The maximum atomic E-state index is 10.4. The minimum Gasteiger partial charge on any atom is -0.481 e. The fraction of sp³-hybridized carbons (Fsp3) is 0.850. The summed E-state index contributed by atoms with van der Waals surface area (Å²) in [6, 6.07) is 0. The van der Waals surface area contributed by atoms with Crippen molar-refractivity contribution in [2.24, 2.45) is 0 Å². The summed E-state index contributed by atoms with van der Waals surface area (Å²) in [5.41, 5.74) is 0. The largest absolute Gasteiger partial charge is 0.481 e. The van der Waals surface area contributed by atoms with Gasteiger partial charge in [0.15, 0.2) is 0 Å². The first kappa shape index (κ1) is 20.2. The van der Waals surface area contributed by atoms with Gasteiger partial charge in [-0.2, -0.15) is 0 Å². The topological polar surface area (TPSA) is 49.8 Å². The van der Waals surface area contributed by atoms with Gasteiger partial charge in [-0.1, -0.05) is 64.0 Å². The van der Waals surface area contributed by atoms with Crippen LogP contribution < -0.4 is 0 Å². The lowest BCUT2D eigenvalue weighted by Crippen LogP contribution is -1.94. The molecule has 0 aliphatic carbocycles. The van der Waals surface area contributed by atoms with E-state index >= 15 is 0 Å². The molecule has 0 unspecified atom stereocenters. The third kappa shape index (κ3) is 12.3. The third-order valence-corrected chi connectivity index (χ3v) is 4.57. The number of carboxylic acids is 1. The van der Waals surface area contributed by atoms with Crippen molar-refractivity contribution in [3.05, 3.63) is 12.2 Å². The summed E-state index contributed by atoms with van der Waals surface area (Å²) in [4.78, 5) is 10.4. The Morgan fingerprint density at radius 2 is 1.43 bits per heavy atom. The molecule has 0 amide bonds. The van der Waals surface area contributed by atoms with Gasteiger partial charge in [0.25, 0.3) is 0 Å². The summed E-state index contributed by atoms with van der Waals surface area (Å²) in [6.45, 7) is 2.25. The molecule has 3 nitrogen and oxygen atoms in total. The van der Waals surface area contributed by atoms with Crippen molar-refractivity contribution in [1.29, 1.82) is 0 Å². The Kier molecular flexibility index (Phi) is 11.9. The number of rotatable bonds is 16. The Bertz CT molecular complexity index is 325. The lowest BCUT2D eigenvalue weighted by molar-refractivity contribution is -0.137. The number of hydrogen-bond donors (Lipinski definition) is 1. The fourth-order valence-electron chi connectivity index (χ4n) is 3.03. The normalized spacial score (nSPS) is 20.2. The number of hydrogen-bond acceptors (Lipinski definition) is 2. The Hall–Kier alpha value is -0.830. The lowest BCUT2D eigenvalue weighted by Gasteiger charge is -1.99. The van der Waals surface area contributed by atoms with Crippen LogP contribution in [-0.2, 0) is 9.53 Å². The molecule has 1 saturated heterocycles. The number of unbranched alkanes of at least 4 members (excludes halogenated alkanes) is 8. The van der Waals surface area contributed by atoms with E-state index in [0.717, 1.165) is 19.3 Å². The van der Waals surface area contributed by atoms with Gasteiger partial charge in [0.2, 0.25) is 0 Å². The van der Waals surface area contributed by atoms with E-state index in [0.29, 0.717) is 12.2 Å². The first-order chi connectivity index (χ1) is 11.2. The van der Waals surface area contributed by atoms with E-state index < -0.39 is 5.97 Å². The Labute approximate surface area is 142 Å². The van der Waals surface area contributed by atoms with Crippen LogP contribution in [0, 0.1) is 0 Å². The molecule has 0 bridgehead atoms. The van der Waals surface area contributed by atoms with E-state index in [2.05, 4.69) is 19.1 Å². The van der Waals surface area contributed by atoms with Crippen molar-refractivity contribution in [3.63, 3.8) is 0 Å². The van der Waals surface area contributed by atoms with Crippen molar-refractivity contribution < 1.29 is 14.6 Å². The highest BCUT2D eigenvalue weighted by molar-refractivity contribution is 5.66. The molecule has 0 radical (unpaired) electrons. The molecule has 2 atom stereocenters. The SMILES string of the molecule is CCCCC[C@H]1O[C@@H]1CCCCCCC/C=C\CCCC(=O)O. The van der Waals surface area contributed by atoms with Crippen LogP contribution >= 0.6 is 0 Å². The second-order valence-electron chi connectivity index (χ2n) is 6.81. The van der Waals surface area contributed by atoms with Gasteiger partial charge >= 0.3 is 5.97 Å². The summed E-state index contributed by atoms with van der Waals surface area (Å²) in [7, 11) is 0. The first-order valence-corrected chi connectivity index (χ1v) is 9.76. The minimum atomic E-state index is -0.692. The molecule has 0 aromatic carbocycles. The average Bonchev–Trinajstić information content (AvgIpc) is 3.27. The van der Waals surface area contributed by atoms with Crippen LogP contribution in [0.4, 0.5) is 0 Å². The van der Waals surface area contributed by atoms with E-state index in [-0.39, 0.29) is 6.42 Å². The highest BCUT2D eigenvalue weighted by Gasteiger charge is 2.36. The van der Waals surface area contributed by atoms with E-state index in [1.54, 1.807) is 0 Å². The van der Waals surface area contributed by atoms with Crippen LogP contribution in [-0.4, -0.2) is 23.3 Å². The van der Waals surface area contributed by atoms with Gasteiger partial charge in [-0.25, -0.2) is 0 Å². The van der Waals surface area contributed by atoms with Gasteiger partial charge in [-0.15, -0.1) is 0 Å². The van der Waals surface area contributed by atoms with E-state index in [9.17, 15) is 4.79 Å². The second kappa shape index (κ2) is 13.6. The van der Waals surface area contributed by atoms with Crippen molar-refractivity contribution in [2.75, 3.05) is 0 Å². The summed E-state index contributed by atoms with van der Waals surface area (Å²) in [5, 5.41) is 8.53. The minimum absolute atomic E-state index is 0.286. The predicted octanol–water partition coefficient (Wildman–Crippen LogP) is 5.88. The number of carboxylic acid groups (broad SMARTS) is 1. The van der Waals surface area contributed by atoms with Crippen molar-refractivity contribution in [2.45, 2.75) is 109 Å². The number of ether oxygens (including phenoxy) is 1. The molecular formula is C20H36O3. The summed E-state index contributed by atoms with van der Waals surface area (Å²) in [6.07, 6.45) is 21.7. The maximum absolute atomic E-state index is 10.4. The molecule has 1 aliphatic rings.